The number of ether oxygens (including phenoxy) is 1. The number of anilines is 1. The number of halogens is 3. The van der Waals surface area contributed by atoms with Gasteiger partial charge in [0.05, 0.1) is 11.9 Å². The molecule has 0 bridgehead atoms. The number of aromatic hydroxyl groups is 1. The van der Waals surface area contributed by atoms with Gasteiger partial charge in [0.1, 0.15) is 23.1 Å². The van der Waals surface area contributed by atoms with Crippen molar-refractivity contribution in [3.63, 3.8) is 0 Å². The van der Waals surface area contributed by atoms with E-state index < -0.39 is 18.3 Å². The second-order valence-corrected chi connectivity index (χ2v) is 6.11. The van der Waals surface area contributed by atoms with Crippen molar-refractivity contribution in [3.8, 4) is 28.8 Å². The van der Waals surface area contributed by atoms with Gasteiger partial charge in [0.2, 0.25) is 5.95 Å². The average Bonchev–Trinajstić information content (AvgIpc) is 2.73. The molecule has 0 amide bonds. The Morgan fingerprint density at radius 3 is 2.65 bits per heavy atom. The molecule has 8 nitrogen and oxygen atoms in total. The first-order valence-electron chi connectivity index (χ1n) is 8.68. The fourth-order valence-electron chi connectivity index (χ4n) is 2.49. The summed E-state index contributed by atoms with van der Waals surface area (Å²) < 4.78 is 41.1. The molecular formula is C20H14F3N5O3. The van der Waals surface area contributed by atoms with Crippen LogP contribution < -0.4 is 15.7 Å². The summed E-state index contributed by atoms with van der Waals surface area (Å²) in [6.07, 6.45) is -3.33. The van der Waals surface area contributed by atoms with E-state index in [2.05, 4.69) is 25.2 Å². The number of nitriles is 1. The van der Waals surface area contributed by atoms with Crippen molar-refractivity contribution in [2.75, 3.05) is 12.0 Å². The molecule has 1 heterocycles. The predicted octanol–water partition coefficient (Wildman–Crippen LogP) is 3.40. The first-order chi connectivity index (χ1) is 14.8. The standard InChI is InChI=1S/C20H14F3N5O3/c21-20(22,23)11-31-14-7-6-13(16(29)8-14)10-25-28-19-26-17(12-4-2-1-3-5-12)15(9-24)18(30)27-19/h1-8,10,29H,11H2,(H2,26,27,28,30). The maximum Gasteiger partial charge on any atom is 0.422 e. The van der Waals surface area contributed by atoms with Crippen molar-refractivity contribution < 1.29 is 23.0 Å². The Morgan fingerprint density at radius 2 is 2.00 bits per heavy atom. The number of nitrogens with one attached hydrogen (secondary N) is 2. The second-order valence-electron chi connectivity index (χ2n) is 6.11. The SMILES string of the molecule is N#Cc1c(-c2ccccc2)nc(NN=Cc2ccc(OCC(F)(F)F)cc2O)[nH]c1=O. The highest BCUT2D eigenvalue weighted by Gasteiger charge is 2.28. The van der Waals surface area contributed by atoms with Gasteiger partial charge in [-0.3, -0.25) is 9.78 Å². The van der Waals surface area contributed by atoms with E-state index in [-0.39, 0.29) is 34.3 Å². The van der Waals surface area contributed by atoms with Gasteiger partial charge in [-0.2, -0.15) is 23.5 Å². The van der Waals surface area contributed by atoms with Gasteiger partial charge in [-0.05, 0) is 12.1 Å². The molecule has 158 valence electrons. The highest BCUT2D eigenvalue weighted by molar-refractivity contribution is 5.84. The van der Waals surface area contributed by atoms with Crippen LogP contribution in [0.15, 0.2) is 58.4 Å². The molecule has 0 aliphatic heterocycles. The number of alkyl halides is 3. The van der Waals surface area contributed by atoms with Crippen LogP contribution in [0.3, 0.4) is 0 Å². The molecule has 0 atom stereocenters. The van der Waals surface area contributed by atoms with Gasteiger partial charge in [0, 0.05) is 17.2 Å². The van der Waals surface area contributed by atoms with Gasteiger partial charge in [-0.1, -0.05) is 30.3 Å². The fraction of sp³-hybridized carbons (Fsp3) is 0.100. The number of benzene rings is 2. The average molecular weight is 429 g/mol. The van der Waals surface area contributed by atoms with Gasteiger partial charge in [-0.15, -0.1) is 0 Å². The van der Waals surface area contributed by atoms with E-state index >= 15 is 0 Å². The summed E-state index contributed by atoms with van der Waals surface area (Å²) in [6.45, 7) is -1.48. The molecule has 1 aromatic heterocycles. The molecule has 0 aliphatic carbocycles. The van der Waals surface area contributed by atoms with Gasteiger partial charge >= 0.3 is 6.18 Å². The molecule has 0 saturated carbocycles. The highest BCUT2D eigenvalue weighted by atomic mass is 19.4. The summed E-state index contributed by atoms with van der Waals surface area (Å²) in [5.41, 5.74) is 2.56. The number of hydrogen-bond donors (Lipinski definition) is 3. The third-order valence-electron chi connectivity index (χ3n) is 3.86. The van der Waals surface area contributed by atoms with Crippen LogP contribution in [-0.2, 0) is 0 Å². The summed E-state index contributed by atoms with van der Waals surface area (Å²) in [5.74, 6) is -0.578. The number of hydrogen-bond acceptors (Lipinski definition) is 7. The first kappa shape index (κ1) is 21.4. The minimum Gasteiger partial charge on any atom is -0.507 e. The number of nitrogens with zero attached hydrogens (tertiary/aromatic N) is 3. The Hall–Kier alpha value is -4.33. The minimum absolute atomic E-state index is 0.0521. The zero-order valence-corrected chi connectivity index (χ0v) is 15.6. The Bertz CT molecular complexity index is 1200. The van der Waals surface area contributed by atoms with Crippen molar-refractivity contribution >= 4 is 12.2 Å². The molecule has 0 fully saturated rings. The molecule has 0 unspecified atom stereocenters. The van der Waals surface area contributed by atoms with E-state index in [9.17, 15) is 28.3 Å². The van der Waals surface area contributed by atoms with E-state index in [1.54, 1.807) is 30.3 Å². The van der Waals surface area contributed by atoms with Gasteiger partial charge in [0.15, 0.2) is 6.61 Å². The number of phenolic OH excluding ortho intramolecular Hbond substituents is 1. The van der Waals surface area contributed by atoms with Crippen LogP contribution in [0.5, 0.6) is 11.5 Å². The van der Waals surface area contributed by atoms with Crippen LogP contribution in [-0.4, -0.2) is 34.1 Å². The number of phenols is 1. The lowest BCUT2D eigenvalue weighted by Gasteiger charge is -2.10. The molecule has 31 heavy (non-hydrogen) atoms. The maximum absolute atomic E-state index is 12.2. The van der Waals surface area contributed by atoms with Crippen molar-refractivity contribution in [1.82, 2.24) is 9.97 Å². The number of aromatic nitrogens is 2. The Morgan fingerprint density at radius 1 is 1.26 bits per heavy atom. The van der Waals surface area contributed by atoms with Crippen LogP contribution in [0.2, 0.25) is 0 Å². The lowest BCUT2D eigenvalue weighted by molar-refractivity contribution is -0.153. The van der Waals surface area contributed by atoms with Crippen LogP contribution in [0.1, 0.15) is 11.1 Å². The lowest BCUT2D eigenvalue weighted by atomic mass is 10.1. The van der Waals surface area contributed by atoms with Crippen LogP contribution in [0.4, 0.5) is 19.1 Å². The van der Waals surface area contributed by atoms with Crippen LogP contribution in [0.25, 0.3) is 11.3 Å². The molecule has 0 saturated heterocycles. The molecule has 0 radical (unpaired) electrons. The van der Waals surface area contributed by atoms with Gasteiger partial charge in [-0.25, -0.2) is 10.4 Å². The second kappa shape index (κ2) is 9.00. The Balaban J connectivity index is 1.78. The van der Waals surface area contributed by atoms with Crippen molar-refractivity contribution in [1.29, 1.82) is 5.26 Å². The molecule has 3 aromatic rings. The van der Waals surface area contributed by atoms with E-state index in [1.165, 1.54) is 18.3 Å². The molecule has 0 spiro atoms. The zero-order chi connectivity index (χ0) is 22.4. The normalized spacial score (nSPS) is 11.3. The van der Waals surface area contributed by atoms with Crippen molar-refractivity contribution in [2.24, 2.45) is 5.10 Å². The lowest BCUT2D eigenvalue weighted by Crippen LogP contribution is -2.19. The zero-order valence-electron chi connectivity index (χ0n) is 15.6. The van der Waals surface area contributed by atoms with Crippen LogP contribution in [0, 0.1) is 11.3 Å². The van der Waals surface area contributed by atoms with E-state index in [1.807, 2.05) is 6.07 Å². The number of hydrazone groups is 1. The third-order valence-corrected chi connectivity index (χ3v) is 3.86. The molecule has 2 aromatic carbocycles. The smallest absolute Gasteiger partial charge is 0.422 e. The number of H-pyrrole nitrogens is 1. The summed E-state index contributed by atoms with van der Waals surface area (Å²) in [6, 6.07) is 14.0. The summed E-state index contributed by atoms with van der Waals surface area (Å²) >= 11 is 0. The van der Waals surface area contributed by atoms with Gasteiger partial charge in [0.25, 0.3) is 5.56 Å². The topological polar surface area (TPSA) is 123 Å². The largest absolute Gasteiger partial charge is 0.507 e. The van der Waals surface area contributed by atoms with E-state index in [4.69, 9.17) is 0 Å². The minimum atomic E-state index is -4.50. The molecular weight excluding hydrogens is 415 g/mol. The fourth-order valence-corrected chi connectivity index (χ4v) is 2.49. The van der Waals surface area contributed by atoms with Crippen LogP contribution >= 0.6 is 0 Å². The summed E-state index contributed by atoms with van der Waals surface area (Å²) in [4.78, 5) is 18.8. The predicted molar refractivity (Wildman–Crippen MR) is 106 cm³/mol. The first-order valence-corrected chi connectivity index (χ1v) is 8.68. The number of aromatic amines is 1. The van der Waals surface area contributed by atoms with Gasteiger partial charge < -0.3 is 9.84 Å². The van der Waals surface area contributed by atoms with E-state index in [0.29, 0.717) is 5.56 Å². The Kier molecular flexibility index (Phi) is 6.21. The highest BCUT2D eigenvalue weighted by Crippen LogP contribution is 2.25. The van der Waals surface area contributed by atoms with E-state index in [0.717, 1.165) is 6.07 Å². The molecule has 11 heteroatoms. The van der Waals surface area contributed by atoms with Crippen molar-refractivity contribution in [2.45, 2.75) is 6.18 Å². The maximum atomic E-state index is 12.2. The molecule has 3 rings (SSSR count). The monoisotopic (exact) mass is 429 g/mol. The molecule has 0 aliphatic rings. The summed E-state index contributed by atoms with van der Waals surface area (Å²) in [5, 5.41) is 23.0. The third kappa shape index (κ3) is 5.60. The number of rotatable bonds is 6. The quantitative estimate of drug-likeness (QED) is 0.408. The molecule has 3 N–H and O–H groups in total. The van der Waals surface area contributed by atoms with Crippen molar-refractivity contribution in [3.05, 3.63) is 70.0 Å². The summed E-state index contributed by atoms with van der Waals surface area (Å²) in [7, 11) is 0. The Labute approximate surface area is 173 Å².